The number of anilines is 1. The highest BCUT2D eigenvalue weighted by molar-refractivity contribution is 6.33. The first kappa shape index (κ1) is 19.6. The summed E-state index contributed by atoms with van der Waals surface area (Å²) in [6.07, 6.45) is 1.83. The van der Waals surface area contributed by atoms with Gasteiger partial charge >= 0.3 is 5.69 Å². The number of aromatic nitrogens is 3. The van der Waals surface area contributed by atoms with Crippen LogP contribution in [-0.2, 0) is 4.79 Å². The fourth-order valence-corrected chi connectivity index (χ4v) is 2.90. The highest BCUT2D eigenvalue weighted by atomic mass is 35.5. The molecular weight excluding hydrogens is 380 g/mol. The van der Waals surface area contributed by atoms with Crippen molar-refractivity contribution >= 4 is 23.2 Å². The van der Waals surface area contributed by atoms with E-state index in [0.29, 0.717) is 28.6 Å². The Kier molecular flexibility index (Phi) is 6.06. The molecule has 0 bridgehead atoms. The van der Waals surface area contributed by atoms with Crippen molar-refractivity contribution in [2.24, 2.45) is 0 Å². The zero-order chi connectivity index (χ0) is 20.1. The molecule has 1 N–H and O–H groups in total. The Hall–Kier alpha value is -3.19. The standard InChI is InChI=1S/C20H19ClN4O3/c1-3-18(19(26)23-16-7-5-4-6-15(16)21)25-20(27)24-17(12-22-25)13-8-10-14(28-2)11-9-13/h4-12,18H,3H2,1-2H3,(H,23,26). The quantitative estimate of drug-likeness (QED) is 0.686. The van der Waals surface area contributed by atoms with E-state index < -0.39 is 11.7 Å². The summed E-state index contributed by atoms with van der Waals surface area (Å²) in [6, 6.07) is 13.2. The maximum atomic E-state index is 12.7. The molecule has 0 aliphatic carbocycles. The van der Waals surface area contributed by atoms with Crippen molar-refractivity contribution in [1.29, 1.82) is 0 Å². The van der Waals surface area contributed by atoms with E-state index in [1.165, 1.54) is 6.20 Å². The van der Waals surface area contributed by atoms with Crippen molar-refractivity contribution in [3.05, 3.63) is 70.2 Å². The number of amides is 1. The number of carbonyl (C=O) groups is 1. The van der Waals surface area contributed by atoms with Crippen molar-refractivity contribution < 1.29 is 9.53 Å². The maximum Gasteiger partial charge on any atom is 0.365 e. The highest BCUT2D eigenvalue weighted by Crippen LogP contribution is 2.23. The van der Waals surface area contributed by atoms with Crippen LogP contribution in [-0.4, -0.2) is 27.8 Å². The Morgan fingerprint density at radius 3 is 2.54 bits per heavy atom. The lowest BCUT2D eigenvalue weighted by molar-refractivity contribution is -0.119. The molecule has 7 nitrogen and oxygen atoms in total. The van der Waals surface area contributed by atoms with E-state index in [1.807, 2.05) is 0 Å². The van der Waals surface area contributed by atoms with E-state index in [9.17, 15) is 9.59 Å². The lowest BCUT2D eigenvalue weighted by Gasteiger charge is -2.17. The van der Waals surface area contributed by atoms with Crippen LogP contribution >= 0.6 is 11.6 Å². The van der Waals surface area contributed by atoms with Crippen LogP contribution in [0.5, 0.6) is 5.75 Å². The van der Waals surface area contributed by atoms with Gasteiger partial charge in [-0.25, -0.2) is 9.48 Å². The van der Waals surface area contributed by atoms with Crippen LogP contribution in [0.1, 0.15) is 19.4 Å². The maximum absolute atomic E-state index is 12.7. The zero-order valence-corrected chi connectivity index (χ0v) is 16.2. The van der Waals surface area contributed by atoms with E-state index in [2.05, 4.69) is 15.4 Å². The predicted octanol–water partition coefficient (Wildman–Crippen LogP) is 3.56. The minimum atomic E-state index is -0.804. The molecular formula is C20H19ClN4O3. The van der Waals surface area contributed by atoms with Gasteiger partial charge in [0.25, 0.3) is 0 Å². The van der Waals surface area contributed by atoms with Crippen LogP contribution in [0, 0.1) is 0 Å². The summed E-state index contributed by atoms with van der Waals surface area (Å²) in [5, 5.41) is 7.32. The summed E-state index contributed by atoms with van der Waals surface area (Å²) in [5.41, 5.74) is 1.02. The van der Waals surface area contributed by atoms with Crippen molar-refractivity contribution in [2.75, 3.05) is 12.4 Å². The van der Waals surface area contributed by atoms with Crippen LogP contribution in [0.25, 0.3) is 11.3 Å². The van der Waals surface area contributed by atoms with Crippen LogP contribution < -0.4 is 15.7 Å². The van der Waals surface area contributed by atoms with Gasteiger partial charge in [0.15, 0.2) is 0 Å². The van der Waals surface area contributed by atoms with Crippen LogP contribution in [0.4, 0.5) is 5.69 Å². The Balaban J connectivity index is 1.85. The summed E-state index contributed by atoms with van der Waals surface area (Å²) in [7, 11) is 1.58. The number of methoxy groups -OCH3 is 1. The Morgan fingerprint density at radius 1 is 1.21 bits per heavy atom. The molecule has 0 saturated heterocycles. The molecule has 0 aliphatic heterocycles. The van der Waals surface area contributed by atoms with Gasteiger partial charge in [-0.1, -0.05) is 30.7 Å². The Bertz CT molecular complexity index is 1030. The van der Waals surface area contributed by atoms with Gasteiger partial charge in [0.2, 0.25) is 5.91 Å². The first-order valence-electron chi connectivity index (χ1n) is 8.69. The molecule has 0 saturated carbocycles. The first-order valence-corrected chi connectivity index (χ1v) is 9.07. The number of hydrogen-bond donors (Lipinski definition) is 1. The highest BCUT2D eigenvalue weighted by Gasteiger charge is 2.22. The average molecular weight is 399 g/mol. The van der Waals surface area contributed by atoms with Crippen molar-refractivity contribution in [1.82, 2.24) is 14.8 Å². The van der Waals surface area contributed by atoms with Gasteiger partial charge in [0.1, 0.15) is 11.8 Å². The van der Waals surface area contributed by atoms with Gasteiger partial charge in [0.05, 0.1) is 29.7 Å². The monoisotopic (exact) mass is 398 g/mol. The lowest BCUT2D eigenvalue weighted by atomic mass is 10.1. The third kappa shape index (κ3) is 4.20. The van der Waals surface area contributed by atoms with Crippen LogP contribution in [0.3, 0.4) is 0 Å². The summed E-state index contributed by atoms with van der Waals surface area (Å²) in [6.45, 7) is 1.79. The van der Waals surface area contributed by atoms with Crippen molar-refractivity contribution in [3.63, 3.8) is 0 Å². The van der Waals surface area contributed by atoms with Crippen LogP contribution in [0.15, 0.2) is 59.5 Å². The fourth-order valence-electron chi connectivity index (χ4n) is 2.71. The second-order valence-corrected chi connectivity index (χ2v) is 6.40. The van der Waals surface area contributed by atoms with Gasteiger partial charge in [-0.05, 0) is 42.8 Å². The summed E-state index contributed by atoms with van der Waals surface area (Å²) < 4.78 is 6.20. The van der Waals surface area contributed by atoms with Gasteiger partial charge in [-0.3, -0.25) is 4.79 Å². The summed E-state index contributed by atoms with van der Waals surface area (Å²) >= 11 is 6.08. The molecule has 0 fully saturated rings. The minimum Gasteiger partial charge on any atom is -0.497 e. The third-order valence-corrected chi connectivity index (χ3v) is 4.55. The largest absolute Gasteiger partial charge is 0.497 e. The Morgan fingerprint density at radius 2 is 1.93 bits per heavy atom. The molecule has 144 valence electrons. The van der Waals surface area contributed by atoms with Crippen molar-refractivity contribution in [3.8, 4) is 17.0 Å². The summed E-state index contributed by atoms with van der Waals surface area (Å²) in [5.74, 6) is 0.316. The molecule has 1 unspecified atom stereocenters. The minimum absolute atomic E-state index is 0.368. The van der Waals surface area contributed by atoms with Gasteiger partial charge in [0, 0.05) is 5.56 Å². The molecule has 1 heterocycles. The van der Waals surface area contributed by atoms with E-state index in [-0.39, 0.29) is 5.91 Å². The topological polar surface area (TPSA) is 86.1 Å². The third-order valence-electron chi connectivity index (χ3n) is 4.22. The van der Waals surface area contributed by atoms with Gasteiger partial charge < -0.3 is 10.1 Å². The Labute approximate surface area is 166 Å². The number of halogens is 1. The molecule has 1 aromatic heterocycles. The average Bonchev–Trinajstić information content (AvgIpc) is 2.71. The number of benzene rings is 2. The molecule has 3 rings (SSSR count). The van der Waals surface area contributed by atoms with Gasteiger partial charge in [-0.2, -0.15) is 10.1 Å². The molecule has 1 atom stereocenters. The molecule has 1 amide bonds. The fraction of sp³-hybridized carbons (Fsp3) is 0.200. The second kappa shape index (κ2) is 8.67. The number of nitrogens with one attached hydrogen (secondary N) is 1. The van der Waals surface area contributed by atoms with E-state index in [4.69, 9.17) is 16.3 Å². The number of hydrogen-bond acceptors (Lipinski definition) is 5. The smallest absolute Gasteiger partial charge is 0.365 e. The molecule has 0 radical (unpaired) electrons. The van der Waals surface area contributed by atoms with E-state index in [0.717, 1.165) is 10.2 Å². The van der Waals surface area contributed by atoms with Crippen molar-refractivity contribution in [2.45, 2.75) is 19.4 Å². The number of carbonyl (C=O) groups excluding carboxylic acids is 1. The SMILES string of the molecule is CCC(C(=O)Nc1ccccc1Cl)n1ncc(-c2ccc(OC)cc2)nc1=O. The number of nitrogens with zero attached hydrogens (tertiary/aromatic N) is 3. The lowest BCUT2D eigenvalue weighted by Crippen LogP contribution is -2.36. The second-order valence-electron chi connectivity index (χ2n) is 5.99. The molecule has 3 aromatic rings. The molecule has 28 heavy (non-hydrogen) atoms. The van der Waals surface area contributed by atoms with E-state index >= 15 is 0 Å². The number of ether oxygens (including phenoxy) is 1. The zero-order valence-electron chi connectivity index (χ0n) is 15.4. The van der Waals surface area contributed by atoms with E-state index in [1.54, 1.807) is 62.6 Å². The normalized spacial score (nSPS) is 11.7. The summed E-state index contributed by atoms with van der Waals surface area (Å²) in [4.78, 5) is 29.3. The number of para-hydroxylation sites is 1. The van der Waals surface area contributed by atoms with Crippen LogP contribution in [0.2, 0.25) is 5.02 Å². The first-order chi connectivity index (χ1) is 13.5. The van der Waals surface area contributed by atoms with Gasteiger partial charge in [-0.15, -0.1) is 0 Å². The molecule has 0 aliphatic rings. The molecule has 2 aromatic carbocycles. The molecule has 0 spiro atoms. The number of rotatable bonds is 6. The predicted molar refractivity (Wildman–Crippen MR) is 108 cm³/mol. The molecule has 8 heteroatoms.